The summed E-state index contributed by atoms with van der Waals surface area (Å²) in [5, 5.41) is 31.0. The van der Waals surface area contributed by atoms with E-state index in [0.717, 1.165) is 4.90 Å². The number of nitro benzene ring substituents is 2. The molecule has 2 N–H and O–H groups in total. The minimum absolute atomic E-state index is 0.106. The third kappa shape index (κ3) is 6.77. The van der Waals surface area contributed by atoms with Gasteiger partial charge in [0.05, 0.1) is 9.85 Å². The summed E-state index contributed by atoms with van der Waals surface area (Å²) in [6.45, 7) is -0.398. The second kappa shape index (κ2) is 10.3. The Kier molecular flexibility index (Phi) is 7.55. The molecule has 0 aromatic heterocycles. The molecule has 0 saturated heterocycles. The van der Waals surface area contributed by atoms with Crippen LogP contribution in [-0.4, -0.2) is 39.9 Å². The predicted octanol–water partition coefficient (Wildman–Crippen LogP) is 2.93. The third-order valence-electron chi connectivity index (χ3n) is 3.86. The van der Waals surface area contributed by atoms with Gasteiger partial charge in [-0.2, -0.15) is 0 Å². The van der Waals surface area contributed by atoms with Gasteiger partial charge in [-0.25, -0.2) is 9.59 Å². The lowest BCUT2D eigenvalue weighted by atomic mass is 10.2. The topological polar surface area (TPSA) is 178 Å². The molecule has 0 saturated carbocycles. The van der Waals surface area contributed by atoms with Crippen molar-refractivity contribution in [3.63, 3.8) is 0 Å². The number of hydrogen-bond acceptors (Lipinski definition) is 9. The minimum Gasteiger partial charge on any atom is -0.444 e. The van der Waals surface area contributed by atoms with Crippen LogP contribution in [-0.2, 0) is 22.7 Å². The highest BCUT2D eigenvalue weighted by Gasteiger charge is 2.18. The van der Waals surface area contributed by atoms with Crippen LogP contribution in [0.1, 0.15) is 11.1 Å². The predicted molar refractivity (Wildman–Crippen MR) is 105 cm³/mol. The van der Waals surface area contributed by atoms with Gasteiger partial charge in [-0.05, 0) is 35.4 Å². The molecule has 13 nitrogen and oxygen atoms in total. The van der Waals surface area contributed by atoms with E-state index in [2.05, 4.69) is 0 Å². The zero-order valence-electron chi connectivity index (χ0n) is 16.1. The average Bonchev–Trinajstić information content (AvgIpc) is 2.75. The van der Waals surface area contributed by atoms with Gasteiger partial charge in [0.2, 0.25) is 5.96 Å². The number of carbonyl (C=O) groups excluding carboxylic acids is 2. The Hall–Kier alpha value is -4.55. The van der Waals surface area contributed by atoms with E-state index in [9.17, 15) is 29.8 Å². The number of nitrogens with zero attached hydrogens (tertiary/aromatic N) is 3. The highest BCUT2D eigenvalue weighted by molar-refractivity contribution is 5.99. The largest absolute Gasteiger partial charge is 0.444 e. The lowest BCUT2D eigenvalue weighted by Crippen LogP contribution is -2.44. The number of nitro groups is 2. The van der Waals surface area contributed by atoms with Crippen LogP contribution in [0.15, 0.2) is 48.5 Å². The summed E-state index contributed by atoms with van der Waals surface area (Å²) < 4.78 is 9.88. The van der Waals surface area contributed by atoms with E-state index in [0.29, 0.717) is 11.1 Å². The molecule has 2 aromatic carbocycles. The molecule has 0 aliphatic rings. The molecule has 162 valence electrons. The quantitative estimate of drug-likeness (QED) is 0.303. The number of benzene rings is 2. The number of guanidine groups is 1. The van der Waals surface area contributed by atoms with Crippen molar-refractivity contribution in [3.8, 4) is 0 Å². The van der Waals surface area contributed by atoms with Crippen molar-refractivity contribution in [3.05, 3.63) is 79.9 Å². The van der Waals surface area contributed by atoms with Crippen molar-refractivity contribution in [1.29, 1.82) is 5.41 Å². The fraction of sp³-hybridized carbons (Fsp3) is 0.167. The van der Waals surface area contributed by atoms with Crippen LogP contribution in [0, 0.1) is 25.6 Å². The maximum atomic E-state index is 12.0. The highest BCUT2D eigenvalue weighted by Crippen LogP contribution is 2.13. The van der Waals surface area contributed by atoms with Gasteiger partial charge in [-0.15, -0.1) is 0 Å². The lowest BCUT2D eigenvalue weighted by Gasteiger charge is -2.18. The first-order valence-corrected chi connectivity index (χ1v) is 8.57. The first-order valence-electron chi connectivity index (χ1n) is 8.57. The number of ether oxygens (including phenoxy) is 2. The number of rotatable bonds is 6. The van der Waals surface area contributed by atoms with Crippen LogP contribution in [0.5, 0.6) is 0 Å². The molecule has 0 atom stereocenters. The Morgan fingerprint density at radius 3 is 1.74 bits per heavy atom. The van der Waals surface area contributed by atoms with Crippen LogP contribution in [0.4, 0.5) is 21.0 Å². The fourth-order valence-corrected chi connectivity index (χ4v) is 2.13. The van der Waals surface area contributed by atoms with Crippen molar-refractivity contribution in [2.75, 3.05) is 7.05 Å². The smallest absolute Gasteiger partial charge is 0.416 e. The molecule has 2 rings (SSSR count). The van der Waals surface area contributed by atoms with Gasteiger partial charge < -0.3 is 9.47 Å². The van der Waals surface area contributed by atoms with Crippen molar-refractivity contribution in [2.45, 2.75) is 13.2 Å². The number of nitrogens with one attached hydrogen (secondary N) is 2. The standard InChI is InChI=1S/C18H17N5O8/c1-21(18(25)31-11-13-4-8-15(9-5-13)23(28)29)16(19)20-17(24)30-10-12-2-6-14(7-3-12)22(26)27/h2-9H,10-11H2,1H3,(H2,19,20,24). The second-order valence-corrected chi connectivity index (χ2v) is 6.01. The van der Waals surface area contributed by atoms with E-state index >= 15 is 0 Å². The zero-order chi connectivity index (χ0) is 23.0. The molecule has 0 heterocycles. The molecule has 31 heavy (non-hydrogen) atoms. The van der Waals surface area contributed by atoms with Crippen LogP contribution in [0.2, 0.25) is 0 Å². The fourth-order valence-electron chi connectivity index (χ4n) is 2.13. The first-order chi connectivity index (χ1) is 14.7. The number of carbonyl (C=O) groups is 2. The van der Waals surface area contributed by atoms with E-state index in [-0.39, 0.29) is 24.6 Å². The van der Waals surface area contributed by atoms with Crippen LogP contribution in [0.3, 0.4) is 0 Å². The van der Waals surface area contributed by atoms with Gasteiger partial charge in [0, 0.05) is 31.3 Å². The molecule has 0 radical (unpaired) electrons. The van der Waals surface area contributed by atoms with Gasteiger partial charge >= 0.3 is 12.2 Å². The van der Waals surface area contributed by atoms with Gasteiger partial charge in [0.25, 0.3) is 11.4 Å². The zero-order valence-corrected chi connectivity index (χ0v) is 16.1. The molecule has 0 fully saturated rings. The Labute approximate surface area is 175 Å². The van der Waals surface area contributed by atoms with Crippen molar-refractivity contribution in [2.24, 2.45) is 0 Å². The van der Waals surface area contributed by atoms with E-state index in [1.807, 2.05) is 5.32 Å². The van der Waals surface area contributed by atoms with Crippen LogP contribution < -0.4 is 5.32 Å². The number of alkyl carbamates (subject to hydrolysis) is 1. The summed E-state index contributed by atoms with van der Waals surface area (Å²) >= 11 is 0. The molecular formula is C18H17N5O8. The van der Waals surface area contributed by atoms with E-state index in [1.165, 1.54) is 55.6 Å². The molecular weight excluding hydrogens is 414 g/mol. The Bertz CT molecular complexity index is 991. The Balaban J connectivity index is 1.78. The maximum absolute atomic E-state index is 12.0. The molecule has 0 unspecified atom stereocenters. The molecule has 0 spiro atoms. The number of hydrogen-bond donors (Lipinski definition) is 2. The molecule has 0 aliphatic heterocycles. The van der Waals surface area contributed by atoms with E-state index < -0.39 is 28.0 Å². The summed E-state index contributed by atoms with van der Waals surface area (Å²) in [4.78, 5) is 44.6. The summed E-state index contributed by atoms with van der Waals surface area (Å²) in [6.07, 6.45) is -1.96. The number of non-ortho nitro benzene ring substituents is 2. The van der Waals surface area contributed by atoms with Gasteiger partial charge in [-0.3, -0.25) is 35.9 Å². The molecule has 0 aliphatic carbocycles. The summed E-state index contributed by atoms with van der Waals surface area (Å²) in [5.41, 5.74) is 0.770. The molecule has 13 heteroatoms. The second-order valence-electron chi connectivity index (χ2n) is 6.01. The highest BCUT2D eigenvalue weighted by atomic mass is 16.6. The van der Waals surface area contributed by atoms with E-state index in [4.69, 9.17) is 14.9 Å². The minimum atomic E-state index is -1.02. The third-order valence-corrected chi connectivity index (χ3v) is 3.86. The lowest BCUT2D eigenvalue weighted by molar-refractivity contribution is -0.385. The van der Waals surface area contributed by atoms with Crippen molar-refractivity contribution in [1.82, 2.24) is 10.2 Å². The average molecular weight is 431 g/mol. The SMILES string of the molecule is CN(C(=N)NC(=O)OCc1ccc([N+](=O)[O-])cc1)C(=O)OCc1ccc([N+](=O)[O-])cc1. The molecule has 0 bridgehead atoms. The van der Waals surface area contributed by atoms with E-state index in [1.54, 1.807) is 0 Å². The van der Waals surface area contributed by atoms with Crippen LogP contribution >= 0.6 is 0 Å². The Morgan fingerprint density at radius 2 is 1.32 bits per heavy atom. The first kappa shape index (κ1) is 22.7. The maximum Gasteiger partial charge on any atom is 0.416 e. The summed E-state index contributed by atoms with van der Waals surface area (Å²) in [5.74, 6) is -0.609. The van der Waals surface area contributed by atoms with Gasteiger partial charge in [0.15, 0.2) is 0 Å². The summed E-state index contributed by atoms with van der Waals surface area (Å²) in [7, 11) is 1.19. The van der Waals surface area contributed by atoms with Crippen LogP contribution in [0.25, 0.3) is 0 Å². The monoisotopic (exact) mass is 431 g/mol. The van der Waals surface area contributed by atoms with Gasteiger partial charge in [0.1, 0.15) is 13.2 Å². The molecule has 2 amide bonds. The molecule has 2 aromatic rings. The normalized spacial score (nSPS) is 9.97. The Morgan fingerprint density at radius 1 is 0.903 bits per heavy atom. The van der Waals surface area contributed by atoms with Crippen molar-refractivity contribution >= 4 is 29.5 Å². The van der Waals surface area contributed by atoms with Gasteiger partial charge in [-0.1, -0.05) is 0 Å². The number of amides is 2. The summed E-state index contributed by atoms with van der Waals surface area (Å²) in [6, 6.07) is 10.7. The van der Waals surface area contributed by atoms with Crippen molar-refractivity contribution < 1.29 is 28.9 Å².